The quantitative estimate of drug-likeness (QED) is 0.478. The van der Waals surface area contributed by atoms with Crippen LogP contribution in [0.15, 0.2) is 12.1 Å². The molecule has 1 aromatic carbocycles. The third kappa shape index (κ3) is 1.92. The van der Waals surface area contributed by atoms with Crippen LogP contribution in [0, 0.1) is 6.92 Å². The molecule has 0 aliphatic heterocycles. The number of hydrogen-bond acceptors (Lipinski definition) is 3. The summed E-state index contributed by atoms with van der Waals surface area (Å²) < 4.78 is 0. The van der Waals surface area contributed by atoms with Crippen LogP contribution in [0.4, 0.5) is 5.69 Å². The summed E-state index contributed by atoms with van der Waals surface area (Å²) in [6, 6.07) is 3.82. The molecule has 0 bridgehead atoms. The minimum Gasteiger partial charge on any atom is -0.505 e. The first-order valence-electron chi connectivity index (χ1n) is 4.32. The maximum atomic E-state index is 9.66. The second-order valence-corrected chi connectivity index (χ2v) is 3.30. The highest BCUT2D eigenvalue weighted by atomic mass is 16.3. The number of benzene rings is 1. The molecule has 0 spiro atoms. The molecule has 13 heavy (non-hydrogen) atoms. The van der Waals surface area contributed by atoms with Gasteiger partial charge in [0.05, 0.1) is 5.69 Å². The lowest BCUT2D eigenvalue weighted by Crippen LogP contribution is -2.13. The van der Waals surface area contributed by atoms with E-state index in [0.29, 0.717) is 5.69 Å². The SMILES string of the molecule is CN[C@H](C)c1cc(C)cc(N)c1O. The number of phenols is 1. The Morgan fingerprint density at radius 2 is 2.08 bits per heavy atom. The van der Waals surface area contributed by atoms with Gasteiger partial charge in [-0.3, -0.25) is 0 Å². The summed E-state index contributed by atoms with van der Waals surface area (Å²) in [6.07, 6.45) is 0. The van der Waals surface area contributed by atoms with Gasteiger partial charge < -0.3 is 16.2 Å². The lowest BCUT2D eigenvalue weighted by Gasteiger charge is -2.14. The van der Waals surface area contributed by atoms with E-state index in [1.807, 2.05) is 27.0 Å². The molecule has 0 fully saturated rings. The van der Waals surface area contributed by atoms with Crippen LogP contribution in [0.3, 0.4) is 0 Å². The van der Waals surface area contributed by atoms with Crippen LogP contribution in [0.5, 0.6) is 5.75 Å². The summed E-state index contributed by atoms with van der Waals surface area (Å²) in [5, 5.41) is 12.7. The number of phenolic OH excluding ortho intramolecular Hbond substituents is 1. The second-order valence-electron chi connectivity index (χ2n) is 3.30. The number of rotatable bonds is 2. The maximum Gasteiger partial charge on any atom is 0.143 e. The zero-order valence-electron chi connectivity index (χ0n) is 8.26. The zero-order valence-corrected chi connectivity index (χ0v) is 8.26. The minimum absolute atomic E-state index is 0.113. The molecule has 0 aliphatic carbocycles. The van der Waals surface area contributed by atoms with Gasteiger partial charge in [0.1, 0.15) is 5.75 Å². The predicted octanol–water partition coefficient (Wildman–Crippen LogP) is 1.56. The van der Waals surface area contributed by atoms with Gasteiger partial charge in [0, 0.05) is 11.6 Å². The van der Waals surface area contributed by atoms with Crippen molar-refractivity contribution in [2.45, 2.75) is 19.9 Å². The predicted molar refractivity (Wildman–Crippen MR) is 54.7 cm³/mol. The third-order valence-corrected chi connectivity index (χ3v) is 2.21. The van der Waals surface area contributed by atoms with E-state index in [1.54, 1.807) is 6.07 Å². The highest BCUT2D eigenvalue weighted by molar-refractivity contribution is 5.58. The van der Waals surface area contributed by atoms with E-state index in [4.69, 9.17) is 5.73 Å². The van der Waals surface area contributed by atoms with Crippen LogP contribution in [0.1, 0.15) is 24.1 Å². The molecular weight excluding hydrogens is 164 g/mol. The van der Waals surface area contributed by atoms with Gasteiger partial charge in [0.15, 0.2) is 0 Å². The van der Waals surface area contributed by atoms with Crippen LogP contribution >= 0.6 is 0 Å². The van der Waals surface area contributed by atoms with Crippen LogP contribution < -0.4 is 11.1 Å². The van der Waals surface area contributed by atoms with Crippen molar-refractivity contribution in [3.63, 3.8) is 0 Å². The summed E-state index contributed by atoms with van der Waals surface area (Å²) in [4.78, 5) is 0. The Balaban J connectivity index is 3.20. The number of aromatic hydroxyl groups is 1. The van der Waals surface area contributed by atoms with Gasteiger partial charge in [-0.2, -0.15) is 0 Å². The molecule has 0 aromatic heterocycles. The Morgan fingerprint density at radius 3 is 2.62 bits per heavy atom. The molecule has 0 unspecified atom stereocenters. The molecule has 72 valence electrons. The standard InChI is InChI=1S/C10H16N2O/c1-6-4-8(7(2)12-3)10(13)9(11)5-6/h4-5,7,12-13H,11H2,1-3H3/t7-/m1/s1. The second kappa shape index (κ2) is 3.66. The van der Waals surface area contributed by atoms with Crippen molar-refractivity contribution in [3.05, 3.63) is 23.3 Å². The minimum atomic E-state index is 0.113. The number of nitrogens with one attached hydrogen (secondary N) is 1. The fourth-order valence-electron chi connectivity index (χ4n) is 1.32. The summed E-state index contributed by atoms with van der Waals surface area (Å²) in [5.41, 5.74) is 7.99. The molecule has 4 N–H and O–H groups in total. The van der Waals surface area contributed by atoms with E-state index >= 15 is 0 Å². The van der Waals surface area contributed by atoms with Gasteiger partial charge >= 0.3 is 0 Å². The highest BCUT2D eigenvalue weighted by Gasteiger charge is 2.11. The first kappa shape index (κ1) is 9.86. The molecule has 0 aliphatic rings. The van der Waals surface area contributed by atoms with Crippen LogP contribution in [-0.2, 0) is 0 Å². The molecule has 0 saturated heterocycles. The lowest BCUT2D eigenvalue weighted by atomic mass is 10.0. The zero-order chi connectivity index (χ0) is 10.0. The summed E-state index contributed by atoms with van der Waals surface area (Å²) in [7, 11) is 1.85. The Kier molecular flexibility index (Phi) is 2.78. The number of nitrogen functional groups attached to an aromatic ring is 1. The van der Waals surface area contributed by atoms with E-state index in [2.05, 4.69) is 5.32 Å². The molecule has 3 nitrogen and oxygen atoms in total. The molecule has 0 amide bonds. The average Bonchev–Trinajstić information content (AvgIpc) is 2.10. The molecule has 1 rings (SSSR count). The van der Waals surface area contributed by atoms with Crippen LogP contribution in [0.2, 0.25) is 0 Å². The third-order valence-electron chi connectivity index (χ3n) is 2.21. The van der Waals surface area contributed by atoms with Gasteiger partial charge in [-0.25, -0.2) is 0 Å². The van der Waals surface area contributed by atoms with Gasteiger partial charge in [-0.15, -0.1) is 0 Å². The van der Waals surface area contributed by atoms with Crippen molar-refractivity contribution in [1.82, 2.24) is 5.32 Å². The van der Waals surface area contributed by atoms with E-state index in [-0.39, 0.29) is 11.8 Å². The van der Waals surface area contributed by atoms with E-state index in [0.717, 1.165) is 11.1 Å². The molecule has 0 saturated carbocycles. The summed E-state index contributed by atoms with van der Waals surface area (Å²) in [5.74, 6) is 0.187. The Morgan fingerprint density at radius 1 is 1.46 bits per heavy atom. The summed E-state index contributed by atoms with van der Waals surface area (Å²) in [6.45, 7) is 3.94. The van der Waals surface area contributed by atoms with Crippen molar-refractivity contribution >= 4 is 5.69 Å². The molecule has 3 heteroatoms. The van der Waals surface area contributed by atoms with Gasteiger partial charge in [-0.1, -0.05) is 6.07 Å². The van der Waals surface area contributed by atoms with Crippen molar-refractivity contribution in [3.8, 4) is 5.75 Å². The number of nitrogens with two attached hydrogens (primary N) is 1. The first-order chi connectivity index (χ1) is 6.06. The molecule has 0 heterocycles. The van der Waals surface area contributed by atoms with Crippen LogP contribution in [-0.4, -0.2) is 12.2 Å². The Labute approximate surface area is 78.6 Å². The molecule has 0 radical (unpaired) electrons. The van der Waals surface area contributed by atoms with E-state index < -0.39 is 0 Å². The smallest absolute Gasteiger partial charge is 0.143 e. The Hall–Kier alpha value is -1.22. The fourth-order valence-corrected chi connectivity index (χ4v) is 1.32. The highest BCUT2D eigenvalue weighted by Crippen LogP contribution is 2.30. The Bertz CT molecular complexity index is 310. The van der Waals surface area contributed by atoms with Gasteiger partial charge in [0.25, 0.3) is 0 Å². The van der Waals surface area contributed by atoms with Crippen LogP contribution in [0.25, 0.3) is 0 Å². The first-order valence-corrected chi connectivity index (χ1v) is 4.32. The number of hydrogen-bond donors (Lipinski definition) is 3. The average molecular weight is 180 g/mol. The maximum absolute atomic E-state index is 9.66. The molecule has 1 atom stereocenters. The lowest BCUT2D eigenvalue weighted by molar-refractivity contribution is 0.460. The van der Waals surface area contributed by atoms with E-state index in [9.17, 15) is 5.11 Å². The topological polar surface area (TPSA) is 58.3 Å². The van der Waals surface area contributed by atoms with Gasteiger partial charge in [-0.05, 0) is 32.5 Å². The fraction of sp³-hybridized carbons (Fsp3) is 0.400. The van der Waals surface area contributed by atoms with E-state index in [1.165, 1.54) is 0 Å². The molecule has 1 aromatic rings. The monoisotopic (exact) mass is 180 g/mol. The number of aryl methyl sites for hydroxylation is 1. The summed E-state index contributed by atoms with van der Waals surface area (Å²) >= 11 is 0. The van der Waals surface area contributed by atoms with Crippen molar-refractivity contribution < 1.29 is 5.11 Å². The molecular formula is C10H16N2O. The normalized spacial score (nSPS) is 12.8. The van der Waals surface area contributed by atoms with Crippen molar-refractivity contribution in [2.75, 3.05) is 12.8 Å². The number of anilines is 1. The van der Waals surface area contributed by atoms with Gasteiger partial charge in [0.2, 0.25) is 0 Å². The van der Waals surface area contributed by atoms with Crippen molar-refractivity contribution in [1.29, 1.82) is 0 Å². The van der Waals surface area contributed by atoms with Crippen molar-refractivity contribution in [2.24, 2.45) is 0 Å². The largest absolute Gasteiger partial charge is 0.505 e.